The van der Waals surface area contributed by atoms with Crippen molar-refractivity contribution < 1.29 is 14.7 Å². The maximum atomic E-state index is 11.3. The summed E-state index contributed by atoms with van der Waals surface area (Å²) < 4.78 is 0. The fourth-order valence-corrected chi connectivity index (χ4v) is 1.06. The van der Waals surface area contributed by atoms with Crippen LogP contribution in [0.5, 0.6) is 0 Å². The van der Waals surface area contributed by atoms with E-state index in [9.17, 15) is 9.59 Å². The van der Waals surface area contributed by atoms with Gasteiger partial charge in [-0.1, -0.05) is 11.6 Å². The van der Waals surface area contributed by atoms with Crippen LogP contribution in [0, 0.1) is 0 Å². The lowest BCUT2D eigenvalue weighted by Gasteiger charge is -2.07. The van der Waals surface area contributed by atoms with E-state index in [-0.39, 0.29) is 12.4 Å². The van der Waals surface area contributed by atoms with Crippen molar-refractivity contribution in [3.05, 3.63) is 23.4 Å². The van der Waals surface area contributed by atoms with Crippen LogP contribution in [0.1, 0.15) is 6.92 Å². The first-order valence-corrected chi connectivity index (χ1v) is 5.25. The molecule has 1 unspecified atom stereocenters. The van der Waals surface area contributed by atoms with Crippen molar-refractivity contribution in [2.24, 2.45) is 0 Å². The lowest BCUT2D eigenvalue weighted by Crippen LogP contribution is -2.38. The Labute approximate surface area is 103 Å². The third-order valence-corrected chi connectivity index (χ3v) is 1.96. The van der Waals surface area contributed by atoms with Gasteiger partial charge in [0.05, 0.1) is 11.1 Å². The van der Waals surface area contributed by atoms with Crippen LogP contribution in [-0.2, 0) is 9.59 Å². The molecule has 1 aromatic heterocycles. The second kappa shape index (κ2) is 6.17. The molecular weight excluding hydrogens is 246 g/mol. The molecule has 0 aliphatic heterocycles. The smallest absolute Gasteiger partial charge is 0.314 e. The number of anilines is 1. The number of halogens is 1. The van der Waals surface area contributed by atoms with E-state index in [2.05, 4.69) is 15.6 Å². The minimum atomic E-state index is -0.847. The number of aliphatic hydroxyl groups excluding tert-OH is 1. The second-order valence-electron chi connectivity index (χ2n) is 3.37. The number of carbonyl (C=O) groups is 2. The van der Waals surface area contributed by atoms with Crippen molar-refractivity contribution in [1.82, 2.24) is 10.3 Å². The number of hydrogen-bond acceptors (Lipinski definition) is 4. The van der Waals surface area contributed by atoms with Gasteiger partial charge in [0, 0.05) is 12.7 Å². The number of aliphatic hydroxyl groups is 1. The summed E-state index contributed by atoms with van der Waals surface area (Å²) in [6.45, 7) is 1.51. The monoisotopic (exact) mass is 257 g/mol. The lowest BCUT2D eigenvalue weighted by molar-refractivity contribution is -0.136. The molecule has 0 aliphatic rings. The van der Waals surface area contributed by atoms with Crippen LogP contribution in [0.4, 0.5) is 5.82 Å². The Morgan fingerprint density at radius 2 is 2.18 bits per heavy atom. The Morgan fingerprint density at radius 3 is 2.71 bits per heavy atom. The highest BCUT2D eigenvalue weighted by molar-refractivity contribution is 6.39. The number of hydrogen-bond donors (Lipinski definition) is 3. The Kier molecular flexibility index (Phi) is 4.86. The zero-order valence-corrected chi connectivity index (χ0v) is 9.86. The van der Waals surface area contributed by atoms with Gasteiger partial charge in [0.25, 0.3) is 0 Å². The molecule has 2 amide bonds. The van der Waals surface area contributed by atoms with Crippen molar-refractivity contribution in [3.8, 4) is 0 Å². The number of pyridine rings is 1. The summed E-state index contributed by atoms with van der Waals surface area (Å²) in [5.74, 6) is -1.45. The van der Waals surface area contributed by atoms with E-state index < -0.39 is 17.9 Å². The Balaban J connectivity index is 2.48. The van der Waals surface area contributed by atoms with Gasteiger partial charge >= 0.3 is 11.8 Å². The quantitative estimate of drug-likeness (QED) is 0.673. The number of carbonyl (C=O) groups excluding carboxylic acids is 2. The lowest BCUT2D eigenvalue weighted by atomic mass is 10.4. The molecular formula is C10H12ClN3O3. The molecule has 1 rings (SSSR count). The first kappa shape index (κ1) is 13.4. The normalized spacial score (nSPS) is 11.7. The topological polar surface area (TPSA) is 91.3 Å². The van der Waals surface area contributed by atoms with Gasteiger partial charge in [-0.15, -0.1) is 0 Å². The number of aromatic nitrogens is 1. The summed E-state index contributed by atoms with van der Waals surface area (Å²) in [7, 11) is 0. The molecule has 0 spiro atoms. The van der Waals surface area contributed by atoms with Crippen molar-refractivity contribution in [2.75, 3.05) is 11.9 Å². The molecule has 0 saturated carbocycles. The summed E-state index contributed by atoms with van der Waals surface area (Å²) in [6.07, 6.45) is 0.644. The fraction of sp³-hybridized carbons (Fsp3) is 0.300. The number of nitrogens with zero attached hydrogens (tertiary/aromatic N) is 1. The van der Waals surface area contributed by atoms with Crippen molar-refractivity contribution in [3.63, 3.8) is 0 Å². The predicted octanol–water partition coefficient (Wildman–Crippen LogP) is 0.170. The van der Waals surface area contributed by atoms with E-state index in [4.69, 9.17) is 16.7 Å². The van der Waals surface area contributed by atoms with E-state index in [1.165, 1.54) is 25.3 Å². The fourth-order valence-electron chi connectivity index (χ4n) is 0.944. The van der Waals surface area contributed by atoms with Crippen LogP contribution in [0.15, 0.2) is 18.3 Å². The van der Waals surface area contributed by atoms with Crippen LogP contribution in [-0.4, -0.2) is 34.6 Å². The molecule has 1 atom stereocenters. The molecule has 0 fully saturated rings. The standard InChI is InChI=1S/C10H12ClN3O3/c1-6(15)4-13-9(16)10(17)14-8-3-2-7(11)5-12-8/h2-3,5-6,15H,4H2,1H3,(H,13,16)(H,12,14,17). The Morgan fingerprint density at radius 1 is 1.47 bits per heavy atom. The van der Waals surface area contributed by atoms with E-state index in [0.29, 0.717) is 5.02 Å². The summed E-state index contributed by atoms with van der Waals surface area (Å²) in [6, 6.07) is 3.01. The molecule has 0 aliphatic carbocycles. The number of nitrogens with one attached hydrogen (secondary N) is 2. The molecule has 92 valence electrons. The average molecular weight is 258 g/mol. The van der Waals surface area contributed by atoms with Crippen LogP contribution in [0.3, 0.4) is 0 Å². The van der Waals surface area contributed by atoms with Gasteiger partial charge < -0.3 is 15.7 Å². The summed E-state index contributed by atoms with van der Waals surface area (Å²) in [4.78, 5) is 26.4. The predicted molar refractivity (Wildman–Crippen MR) is 62.6 cm³/mol. The van der Waals surface area contributed by atoms with Crippen molar-refractivity contribution in [2.45, 2.75) is 13.0 Å². The maximum absolute atomic E-state index is 11.3. The van der Waals surface area contributed by atoms with E-state index >= 15 is 0 Å². The van der Waals surface area contributed by atoms with Gasteiger partial charge in [-0.2, -0.15) is 0 Å². The number of amides is 2. The van der Waals surface area contributed by atoms with Crippen LogP contribution in [0.2, 0.25) is 5.02 Å². The third-order valence-electron chi connectivity index (χ3n) is 1.73. The van der Waals surface area contributed by atoms with Gasteiger partial charge in [0.15, 0.2) is 0 Å². The van der Waals surface area contributed by atoms with Crippen molar-refractivity contribution >= 4 is 29.2 Å². The summed E-state index contributed by atoms with van der Waals surface area (Å²) in [5.41, 5.74) is 0. The van der Waals surface area contributed by atoms with E-state index in [1.54, 1.807) is 0 Å². The molecule has 7 heteroatoms. The minimum absolute atomic E-state index is 0.0142. The third kappa shape index (κ3) is 4.80. The highest BCUT2D eigenvalue weighted by Gasteiger charge is 2.14. The van der Waals surface area contributed by atoms with Gasteiger partial charge in [-0.3, -0.25) is 9.59 Å². The SMILES string of the molecule is CC(O)CNC(=O)C(=O)Nc1ccc(Cl)cn1. The molecule has 0 aromatic carbocycles. The van der Waals surface area contributed by atoms with E-state index in [1.807, 2.05) is 0 Å². The van der Waals surface area contributed by atoms with Crippen molar-refractivity contribution in [1.29, 1.82) is 0 Å². The highest BCUT2D eigenvalue weighted by atomic mass is 35.5. The summed E-state index contributed by atoms with van der Waals surface area (Å²) in [5, 5.41) is 13.9. The van der Waals surface area contributed by atoms with Crippen LogP contribution < -0.4 is 10.6 Å². The van der Waals surface area contributed by atoms with Crippen LogP contribution in [0.25, 0.3) is 0 Å². The van der Waals surface area contributed by atoms with Gasteiger partial charge in [-0.05, 0) is 19.1 Å². The second-order valence-corrected chi connectivity index (χ2v) is 3.81. The van der Waals surface area contributed by atoms with Gasteiger partial charge in [0.2, 0.25) is 0 Å². The van der Waals surface area contributed by atoms with Gasteiger partial charge in [-0.25, -0.2) is 4.98 Å². The maximum Gasteiger partial charge on any atom is 0.314 e. The van der Waals surface area contributed by atoms with Gasteiger partial charge in [0.1, 0.15) is 5.82 Å². The number of rotatable bonds is 3. The first-order chi connectivity index (χ1) is 7.99. The van der Waals surface area contributed by atoms with E-state index in [0.717, 1.165) is 0 Å². The summed E-state index contributed by atoms with van der Waals surface area (Å²) >= 11 is 5.61. The zero-order valence-electron chi connectivity index (χ0n) is 9.11. The molecule has 0 saturated heterocycles. The Bertz CT molecular complexity index is 406. The molecule has 0 bridgehead atoms. The zero-order chi connectivity index (χ0) is 12.8. The average Bonchev–Trinajstić information content (AvgIpc) is 2.28. The van der Waals surface area contributed by atoms with Crippen LogP contribution >= 0.6 is 11.6 Å². The molecule has 1 aromatic rings. The molecule has 0 radical (unpaired) electrons. The Hall–Kier alpha value is -1.66. The molecule has 6 nitrogen and oxygen atoms in total. The molecule has 17 heavy (non-hydrogen) atoms. The first-order valence-electron chi connectivity index (χ1n) is 4.88. The molecule has 3 N–H and O–H groups in total. The minimum Gasteiger partial charge on any atom is -0.392 e. The highest BCUT2D eigenvalue weighted by Crippen LogP contribution is 2.09. The molecule has 1 heterocycles. The largest absolute Gasteiger partial charge is 0.392 e.